The highest BCUT2D eigenvalue weighted by Gasteiger charge is 2.31. The number of hydrogen-bond donors (Lipinski definition) is 0. The first-order valence-corrected chi connectivity index (χ1v) is 12.4. The van der Waals surface area contributed by atoms with Gasteiger partial charge in [0.05, 0.1) is 20.0 Å². The van der Waals surface area contributed by atoms with Gasteiger partial charge in [-0.05, 0) is 53.2 Å². The number of rotatable bonds is 3. The number of thiophene rings is 1. The molecule has 0 radical (unpaired) electrons. The Morgan fingerprint density at radius 1 is 1.00 bits per heavy atom. The number of hydrogen-bond acceptors (Lipinski definition) is 5. The van der Waals surface area contributed by atoms with Crippen LogP contribution in [-0.2, 0) is 10.0 Å². The number of fused-ring (bicyclic) bond motifs is 2. The minimum absolute atomic E-state index is 0.0833. The third-order valence-corrected chi connectivity index (χ3v) is 8.61. The molecule has 4 aromatic rings. The quantitative estimate of drug-likeness (QED) is 0.437. The molecule has 1 aliphatic rings. The summed E-state index contributed by atoms with van der Waals surface area (Å²) in [5.41, 5.74) is 1.55. The summed E-state index contributed by atoms with van der Waals surface area (Å²) in [4.78, 5) is 19.8. The normalized spacial score (nSPS) is 15.2. The van der Waals surface area contributed by atoms with Gasteiger partial charge in [-0.2, -0.15) is 4.31 Å². The highest BCUT2D eigenvalue weighted by molar-refractivity contribution is 7.89. The number of carbonyl (C=O) groups is 1. The van der Waals surface area contributed by atoms with Gasteiger partial charge in [0.1, 0.15) is 0 Å². The Morgan fingerprint density at radius 2 is 1.75 bits per heavy atom. The smallest absolute Gasteiger partial charge is 0.264 e. The van der Waals surface area contributed by atoms with E-state index in [9.17, 15) is 13.2 Å². The minimum Gasteiger partial charge on any atom is -0.335 e. The summed E-state index contributed by atoms with van der Waals surface area (Å²) in [6.07, 6.45) is 7.15. The fourth-order valence-corrected chi connectivity index (χ4v) is 6.33. The first-order chi connectivity index (χ1) is 15.5. The molecule has 32 heavy (non-hydrogen) atoms. The van der Waals surface area contributed by atoms with Crippen molar-refractivity contribution < 1.29 is 13.2 Å². The van der Waals surface area contributed by atoms with Crippen LogP contribution in [0.4, 0.5) is 0 Å². The number of aromatic nitrogens is 1. The summed E-state index contributed by atoms with van der Waals surface area (Å²) >= 11 is 1.41. The molecule has 2 aromatic heterocycles. The fraction of sp³-hybridized carbons (Fsp3) is 0.167. The van der Waals surface area contributed by atoms with Gasteiger partial charge < -0.3 is 4.90 Å². The molecule has 5 rings (SSSR count). The van der Waals surface area contributed by atoms with Crippen molar-refractivity contribution in [2.75, 3.05) is 26.2 Å². The minimum atomic E-state index is -3.66. The topological polar surface area (TPSA) is 70.6 Å². The van der Waals surface area contributed by atoms with Gasteiger partial charge >= 0.3 is 0 Å². The average molecular weight is 462 g/mol. The van der Waals surface area contributed by atoms with Gasteiger partial charge in [0.25, 0.3) is 5.91 Å². The zero-order valence-electron chi connectivity index (χ0n) is 17.1. The van der Waals surface area contributed by atoms with Crippen LogP contribution in [0, 0.1) is 12.3 Å². The molecule has 6 nitrogen and oxygen atoms in total. The van der Waals surface area contributed by atoms with Crippen LogP contribution in [0.1, 0.15) is 15.2 Å². The predicted octanol–water partition coefficient (Wildman–Crippen LogP) is 3.58. The van der Waals surface area contributed by atoms with Crippen LogP contribution < -0.4 is 0 Å². The van der Waals surface area contributed by atoms with Crippen LogP contribution in [0.15, 0.2) is 65.7 Å². The van der Waals surface area contributed by atoms with Crippen molar-refractivity contribution in [3.8, 4) is 12.3 Å². The molecule has 0 N–H and O–H groups in total. The lowest BCUT2D eigenvalue weighted by molar-refractivity contribution is 0.0703. The van der Waals surface area contributed by atoms with Crippen LogP contribution in [0.2, 0.25) is 0 Å². The third-order valence-electron chi connectivity index (χ3n) is 5.64. The first kappa shape index (κ1) is 20.6. The molecule has 0 unspecified atom stereocenters. The van der Waals surface area contributed by atoms with Crippen molar-refractivity contribution in [3.05, 3.63) is 71.2 Å². The Balaban J connectivity index is 1.32. The summed E-state index contributed by atoms with van der Waals surface area (Å²) in [5.74, 6) is 2.50. The van der Waals surface area contributed by atoms with Gasteiger partial charge in [-0.25, -0.2) is 8.42 Å². The lowest BCUT2D eigenvalue weighted by Gasteiger charge is -2.33. The molecule has 0 saturated carbocycles. The van der Waals surface area contributed by atoms with Crippen molar-refractivity contribution >= 4 is 48.3 Å². The van der Waals surface area contributed by atoms with Gasteiger partial charge in [-0.3, -0.25) is 9.78 Å². The Kier molecular flexibility index (Phi) is 5.18. The highest BCUT2D eigenvalue weighted by Crippen LogP contribution is 2.27. The van der Waals surface area contributed by atoms with E-state index >= 15 is 0 Å². The molecule has 1 saturated heterocycles. The summed E-state index contributed by atoms with van der Waals surface area (Å²) in [6.45, 7) is 1.20. The second-order valence-corrected chi connectivity index (χ2v) is 10.6. The standard InChI is InChI=1S/C24H19N3O3S2/c1-2-17-5-6-19-15-20(8-7-18(19)14-17)32(29,30)27-12-10-26(11-13-27)24(28)23-16-21-22(31-23)4-3-9-25-21/h1,3-9,14-16H,10-13H2. The monoisotopic (exact) mass is 461 g/mol. The lowest BCUT2D eigenvalue weighted by Crippen LogP contribution is -2.50. The second kappa shape index (κ2) is 8.02. The van der Waals surface area contributed by atoms with Gasteiger partial charge in [0.2, 0.25) is 10.0 Å². The maximum Gasteiger partial charge on any atom is 0.264 e. The summed E-state index contributed by atoms with van der Waals surface area (Å²) in [5, 5.41) is 1.71. The molecule has 1 fully saturated rings. The molecule has 1 aliphatic heterocycles. The molecule has 1 amide bonds. The molecule has 0 bridgehead atoms. The molecule has 8 heteroatoms. The van der Waals surface area contributed by atoms with Gasteiger partial charge in [-0.1, -0.05) is 18.1 Å². The van der Waals surface area contributed by atoms with Gasteiger partial charge in [-0.15, -0.1) is 17.8 Å². The lowest BCUT2D eigenvalue weighted by atomic mass is 10.1. The number of carbonyl (C=O) groups excluding carboxylic acids is 1. The zero-order valence-corrected chi connectivity index (χ0v) is 18.7. The Morgan fingerprint density at radius 3 is 2.50 bits per heavy atom. The Hall–Kier alpha value is -3.25. The van der Waals surface area contributed by atoms with Crippen molar-refractivity contribution in [2.45, 2.75) is 4.90 Å². The van der Waals surface area contributed by atoms with Crippen molar-refractivity contribution in [1.29, 1.82) is 0 Å². The maximum absolute atomic E-state index is 13.2. The third kappa shape index (κ3) is 3.65. The fourth-order valence-electron chi connectivity index (χ4n) is 3.89. The highest BCUT2D eigenvalue weighted by atomic mass is 32.2. The van der Waals surface area contributed by atoms with Crippen LogP contribution in [0.5, 0.6) is 0 Å². The molecule has 0 spiro atoms. The Labute approximate surface area is 190 Å². The molecule has 2 aromatic carbocycles. The Bertz CT molecular complexity index is 1460. The number of terminal acetylenes is 1. The largest absolute Gasteiger partial charge is 0.335 e. The van der Waals surface area contributed by atoms with Crippen LogP contribution in [0.25, 0.3) is 21.0 Å². The number of nitrogens with zero attached hydrogens (tertiary/aromatic N) is 3. The van der Waals surface area contributed by atoms with E-state index in [2.05, 4.69) is 10.9 Å². The predicted molar refractivity (Wildman–Crippen MR) is 126 cm³/mol. The van der Waals surface area contributed by atoms with Crippen LogP contribution >= 0.6 is 11.3 Å². The number of pyridine rings is 1. The van der Waals surface area contributed by atoms with E-state index in [0.29, 0.717) is 18.0 Å². The van der Waals surface area contributed by atoms with E-state index < -0.39 is 10.0 Å². The number of benzene rings is 2. The van der Waals surface area contributed by atoms with E-state index in [1.807, 2.05) is 24.3 Å². The van der Waals surface area contributed by atoms with E-state index in [4.69, 9.17) is 6.42 Å². The number of piperazine rings is 1. The number of amides is 1. The first-order valence-electron chi connectivity index (χ1n) is 10.1. The molecule has 0 atom stereocenters. The van der Waals surface area contributed by atoms with Gasteiger partial charge in [0.15, 0.2) is 0 Å². The van der Waals surface area contributed by atoms with Gasteiger partial charge in [0, 0.05) is 37.9 Å². The maximum atomic E-state index is 13.2. The zero-order chi connectivity index (χ0) is 22.3. The molecule has 160 valence electrons. The second-order valence-electron chi connectivity index (χ2n) is 7.56. The van der Waals surface area contributed by atoms with Crippen molar-refractivity contribution in [1.82, 2.24) is 14.2 Å². The molecular weight excluding hydrogens is 442 g/mol. The molecular formula is C24H19N3O3S2. The van der Waals surface area contributed by atoms with Crippen LogP contribution in [0.3, 0.4) is 0 Å². The molecule has 3 heterocycles. The van der Waals surface area contributed by atoms with Crippen LogP contribution in [-0.4, -0.2) is 54.7 Å². The van der Waals surface area contributed by atoms with E-state index in [-0.39, 0.29) is 23.9 Å². The molecule has 0 aliphatic carbocycles. The van der Waals surface area contributed by atoms with E-state index in [0.717, 1.165) is 26.6 Å². The summed E-state index contributed by atoms with van der Waals surface area (Å²) in [7, 11) is -3.66. The van der Waals surface area contributed by atoms with Crippen molar-refractivity contribution in [2.24, 2.45) is 0 Å². The van der Waals surface area contributed by atoms with E-state index in [1.165, 1.54) is 15.6 Å². The number of sulfonamides is 1. The summed E-state index contributed by atoms with van der Waals surface area (Å²) in [6, 6.07) is 16.1. The van der Waals surface area contributed by atoms with Crippen molar-refractivity contribution in [3.63, 3.8) is 0 Å². The average Bonchev–Trinajstić information content (AvgIpc) is 3.27. The summed E-state index contributed by atoms with van der Waals surface area (Å²) < 4.78 is 28.8. The van der Waals surface area contributed by atoms with E-state index in [1.54, 1.807) is 41.4 Å². The SMILES string of the molecule is C#Cc1ccc2cc(S(=O)(=O)N3CCN(C(=O)c4cc5ncccc5s4)CC3)ccc2c1.